The predicted molar refractivity (Wildman–Crippen MR) is 110 cm³/mol. The van der Waals surface area contributed by atoms with E-state index in [1.807, 2.05) is 0 Å². The molecule has 0 aliphatic heterocycles. The van der Waals surface area contributed by atoms with Gasteiger partial charge in [0.05, 0.1) is 0 Å². The van der Waals surface area contributed by atoms with Crippen molar-refractivity contribution in [1.29, 1.82) is 0 Å². The highest BCUT2D eigenvalue weighted by Crippen LogP contribution is 2.31. The average molecular weight is 516 g/mol. The van der Waals surface area contributed by atoms with Crippen LogP contribution in [0.3, 0.4) is 0 Å². The number of hydrogen-bond donors (Lipinski definition) is 3. The highest BCUT2D eigenvalue weighted by Gasteiger charge is 2.23. The number of carbonyl (C=O) groups is 2. The van der Waals surface area contributed by atoms with Crippen LogP contribution in [0.5, 0.6) is 5.88 Å². The Kier molecular flexibility index (Phi) is 7.13. The molecule has 1 heterocycles. The van der Waals surface area contributed by atoms with Crippen LogP contribution in [0.1, 0.15) is 21.5 Å². The van der Waals surface area contributed by atoms with E-state index in [1.54, 1.807) is 6.07 Å². The van der Waals surface area contributed by atoms with Crippen molar-refractivity contribution >= 4 is 44.5 Å². The van der Waals surface area contributed by atoms with E-state index in [-0.39, 0.29) is 29.6 Å². The molecule has 3 aromatic rings. The summed E-state index contributed by atoms with van der Waals surface area (Å²) in [5.74, 6) is -4.30. The molecule has 0 fully saturated rings. The molecule has 0 unspecified atom stereocenters. The topological polar surface area (TPSA) is 101 Å². The van der Waals surface area contributed by atoms with Crippen molar-refractivity contribution in [2.75, 3.05) is 5.32 Å². The first-order valence-corrected chi connectivity index (χ1v) is 10.1. The molecule has 12 heteroatoms. The number of ether oxygens (including phenoxy) is 1. The summed E-state index contributed by atoms with van der Waals surface area (Å²) in [7, 11) is 0. The van der Waals surface area contributed by atoms with Gasteiger partial charge in [0.2, 0.25) is 5.88 Å². The summed E-state index contributed by atoms with van der Waals surface area (Å²) in [5, 5.41) is 14.1. The number of carboxylic acids is 1. The SMILES string of the molecule is O=C(NCc1ccc(F)c(F)c1)Nc1snc(OCc2ccc(Br)cc2F)c1C(=O)O. The highest BCUT2D eigenvalue weighted by molar-refractivity contribution is 9.10. The zero-order valence-corrected chi connectivity index (χ0v) is 17.8. The molecule has 3 rings (SSSR count). The summed E-state index contributed by atoms with van der Waals surface area (Å²) < 4.78 is 49.8. The third-order valence-corrected chi connectivity index (χ3v) is 5.16. The minimum Gasteiger partial charge on any atom is -0.477 e. The first-order valence-electron chi connectivity index (χ1n) is 8.53. The summed E-state index contributed by atoms with van der Waals surface area (Å²) in [4.78, 5) is 23.7. The van der Waals surface area contributed by atoms with Gasteiger partial charge in [0.15, 0.2) is 17.2 Å². The van der Waals surface area contributed by atoms with Gasteiger partial charge in [-0.05, 0) is 41.4 Å². The minimum absolute atomic E-state index is 0.110. The number of halogens is 4. The molecule has 0 spiro atoms. The lowest BCUT2D eigenvalue weighted by Crippen LogP contribution is -2.28. The van der Waals surface area contributed by atoms with Gasteiger partial charge in [0.1, 0.15) is 17.4 Å². The maximum absolute atomic E-state index is 13.9. The molecule has 31 heavy (non-hydrogen) atoms. The number of benzene rings is 2. The fourth-order valence-electron chi connectivity index (χ4n) is 2.41. The molecule has 0 bridgehead atoms. The number of aromatic nitrogens is 1. The Morgan fingerprint density at radius 1 is 1.10 bits per heavy atom. The Bertz CT molecular complexity index is 1140. The first-order chi connectivity index (χ1) is 14.7. The van der Waals surface area contributed by atoms with E-state index < -0.39 is 35.0 Å². The standard InChI is InChI=1S/C19H13BrF3N3O4S/c20-11-3-2-10(13(22)6-11)8-30-16-15(18(27)28)17(31-26-16)25-19(29)24-7-9-1-4-12(21)14(23)5-9/h1-6H,7-8H2,(H,27,28)(H2,24,25,29). The van der Waals surface area contributed by atoms with Crippen molar-refractivity contribution in [3.05, 3.63) is 75.0 Å². The molecule has 0 aliphatic carbocycles. The summed E-state index contributed by atoms with van der Waals surface area (Å²) >= 11 is 3.79. The number of rotatable bonds is 7. The molecule has 0 radical (unpaired) electrons. The van der Waals surface area contributed by atoms with E-state index in [4.69, 9.17) is 4.74 Å². The van der Waals surface area contributed by atoms with Crippen molar-refractivity contribution in [3.63, 3.8) is 0 Å². The number of amides is 2. The zero-order chi connectivity index (χ0) is 22.5. The lowest BCUT2D eigenvalue weighted by Gasteiger charge is -2.08. The second-order valence-corrected chi connectivity index (χ2v) is 7.77. The number of nitrogens with one attached hydrogen (secondary N) is 2. The second-order valence-electron chi connectivity index (χ2n) is 6.08. The van der Waals surface area contributed by atoms with Crippen molar-refractivity contribution in [2.24, 2.45) is 0 Å². The van der Waals surface area contributed by atoms with Gasteiger partial charge in [-0.3, -0.25) is 5.32 Å². The molecule has 2 amide bonds. The van der Waals surface area contributed by atoms with E-state index in [0.717, 1.165) is 12.1 Å². The maximum atomic E-state index is 13.9. The first kappa shape index (κ1) is 22.6. The van der Waals surface area contributed by atoms with Crippen LogP contribution in [-0.2, 0) is 13.2 Å². The van der Waals surface area contributed by atoms with Crippen molar-refractivity contribution in [2.45, 2.75) is 13.2 Å². The third-order valence-electron chi connectivity index (χ3n) is 3.92. The van der Waals surface area contributed by atoms with E-state index in [9.17, 15) is 27.9 Å². The molecule has 0 saturated carbocycles. The molecule has 0 atom stereocenters. The molecule has 0 saturated heterocycles. The molecule has 0 aliphatic rings. The highest BCUT2D eigenvalue weighted by atomic mass is 79.9. The maximum Gasteiger partial charge on any atom is 0.344 e. The van der Waals surface area contributed by atoms with Crippen molar-refractivity contribution in [1.82, 2.24) is 9.69 Å². The van der Waals surface area contributed by atoms with Crippen LogP contribution in [-0.4, -0.2) is 21.5 Å². The summed E-state index contributed by atoms with van der Waals surface area (Å²) in [6.07, 6.45) is 0. The Morgan fingerprint density at radius 3 is 2.55 bits per heavy atom. The Labute approximate surface area is 186 Å². The number of anilines is 1. The quantitative estimate of drug-likeness (QED) is 0.414. The molecule has 7 nitrogen and oxygen atoms in total. The Balaban J connectivity index is 1.65. The average Bonchev–Trinajstić information content (AvgIpc) is 3.11. The minimum atomic E-state index is -1.41. The van der Waals surface area contributed by atoms with Crippen LogP contribution in [0.4, 0.5) is 23.0 Å². The van der Waals surface area contributed by atoms with E-state index >= 15 is 0 Å². The van der Waals surface area contributed by atoms with E-state index in [2.05, 4.69) is 30.9 Å². The summed E-state index contributed by atoms with van der Waals surface area (Å²) in [6.45, 7) is -0.401. The number of nitrogens with zero attached hydrogens (tertiary/aromatic N) is 1. The number of carbonyl (C=O) groups excluding carboxylic acids is 1. The molecular formula is C19H13BrF3N3O4S. The number of aromatic carboxylic acids is 1. The monoisotopic (exact) mass is 515 g/mol. The fourth-order valence-corrected chi connectivity index (χ4v) is 3.47. The van der Waals surface area contributed by atoms with Crippen molar-refractivity contribution < 1.29 is 32.6 Å². The summed E-state index contributed by atoms with van der Waals surface area (Å²) in [5.41, 5.74) is 0.0918. The van der Waals surface area contributed by atoms with Gasteiger partial charge in [-0.1, -0.05) is 28.1 Å². The molecular weight excluding hydrogens is 503 g/mol. The Morgan fingerprint density at radius 2 is 1.87 bits per heavy atom. The Hall–Kier alpha value is -3.12. The smallest absolute Gasteiger partial charge is 0.344 e. The molecule has 3 N–H and O–H groups in total. The molecule has 2 aromatic carbocycles. The van der Waals surface area contributed by atoms with Crippen molar-refractivity contribution in [3.8, 4) is 5.88 Å². The largest absolute Gasteiger partial charge is 0.477 e. The molecule has 1 aromatic heterocycles. The number of urea groups is 1. The number of hydrogen-bond acceptors (Lipinski definition) is 5. The lowest BCUT2D eigenvalue weighted by molar-refractivity contribution is 0.0693. The van der Waals surface area contributed by atoms with Gasteiger partial charge >= 0.3 is 12.0 Å². The molecule has 162 valence electrons. The van der Waals surface area contributed by atoms with Crippen LogP contribution in [0.15, 0.2) is 40.9 Å². The predicted octanol–water partition coefficient (Wildman–Crippen LogP) is 4.92. The van der Waals surface area contributed by atoms with Gasteiger partial charge in [-0.15, -0.1) is 0 Å². The summed E-state index contributed by atoms with van der Waals surface area (Å²) in [6, 6.07) is 6.67. The van der Waals surface area contributed by atoms with Gasteiger partial charge in [-0.2, -0.15) is 4.37 Å². The fraction of sp³-hybridized carbons (Fsp3) is 0.105. The van der Waals surface area contributed by atoms with Gasteiger partial charge in [0.25, 0.3) is 0 Å². The van der Waals surface area contributed by atoms with Gasteiger partial charge < -0.3 is 15.2 Å². The van der Waals surface area contributed by atoms with Gasteiger partial charge in [-0.25, -0.2) is 22.8 Å². The van der Waals surface area contributed by atoms with Crippen LogP contribution in [0, 0.1) is 17.5 Å². The zero-order valence-electron chi connectivity index (χ0n) is 15.4. The lowest BCUT2D eigenvalue weighted by atomic mass is 10.2. The van der Waals surface area contributed by atoms with Crippen LogP contribution < -0.4 is 15.4 Å². The van der Waals surface area contributed by atoms with Gasteiger partial charge in [0, 0.05) is 16.6 Å². The van der Waals surface area contributed by atoms with E-state index in [0.29, 0.717) is 21.6 Å². The normalized spacial score (nSPS) is 10.6. The second kappa shape index (κ2) is 9.79. The third kappa shape index (κ3) is 5.73. The number of carboxylic acid groups (broad SMARTS) is 1. The van der Waals surface area contributed by atoms with Crippen LogP contribution in [0.2, 0.25) is 0 Å². The van der Waals surface area contributed by atoms with Crippen LogP contribution >= 0.6 is 27.5 Å². The van der Waals surface area contributed by atoms with Crippen LogP contribution in [0.25, 0.3) is 0 Å². The van der Waals surface area contributed by atoms with E-state index in [1.165, 1.54) is 18.2 Å².